The summed E-state index contributed by atoms with van der Waals surface area (Å²) in [5.41, 5.74) is 5.53. The third kappa shape index (κ3) is 3.15. The van der Waals surface area contributed by atoms with Gasteiger partial charge in [-0.2, -0.15) is 0 Å². The van der Waals surface area contributed by atoms with E-state index in [4.69, 9.17) is 4.98 Å². The normalized spacial score (nSPS) is 26.3. The first-order chi connectivity index (χ1) is 11.6. The van der Waals surface area contributed by atoms with Gasteiger partial charge >= 0.3 is 0 Å². The maximum absolute atomic E-state index is 5.00. The summed E-state index contributed by atoms with van der Waals surface area (Å²) in [6.07, 6.45) is 3.68. The van der Waals surface area contributed by atoms with Crippen molar-refractivity contribution in [3.05, 3.63) is 34.3 Å². The molecule has 0 radical (unpaired) electrons. The van der Waals surface area contributed by atoms with Gasteiger partial charge in [0, 0.05) is 19.1 Å². The molecule has 2 aromatic rings. The summed E-state index contributed by atoms with van der Waals surface area (Å²) in [6, 6.07) is 7.39. The highest BCUT2D eigenvalue weighted by atomic mass is 32.1. The Kier molecular flexibility index (Phi) is 4.46. The van der Waals surface area contributed by atoms with Gasteiger partial charge in [0.25, 0.3) is 0 Å². The zero-order valence-corrected chi connectivity index (χ0v) is 15.7. The Hall–Kier alpha value is -1.23. The van der Waals surface area contributed by atoms with Crippen LogP contribution < -0.4 is 5.32 Å². The second kappa shape index (κ2) is 6.58. The van der Waals surface area contributed by atoms with E-state index >= 15 is 0 Å². The molecule has 3 heterocycles. The number of aromatic nitrogens is 1. The maximum Gasteiger partial charge on any atom is 0.120 e. The first-order valence-electron chi connectivity index (χ1n) is 9.11. The second-order valence-electron chi connectivity index (χ2n) is 7.64. The predicted molar refractivity (Wildman–Crippen MR) is 103 cm³/mol. The van der Waals surface area contributed by atoms with E-state index < -0.39 is 0 Å². The van der Waals surface area contributed by atoms with Crippen molar-refractivity contribution in [3.63, 3.8) is 0 Å². The molecule has 0 aliphatic carbocycles. The first kappa shape index (κ1) is 16.2. The number of hydrogen-bond donors (Lipinski definition) is 1. The molecule has 24 heavy (non-hydrogen) atoms. The lowest BCUT2D eigenvalue weighted by atomic mass is 9.92. The number of benzene rings is 1. The lowest BCUT2D eigenvalue weighted by molar-refractivity contribution is 0.333. The maximum atomic E-state index is 5.00. The summed E-state index contributed by atoms with van der Waals surface area (Å²) in [4.78, 5) is 7.39. The predicted octanol–water partition coefficient (Wildman–Crippen LogP) is 4.47. The number of nitrogens with one attached hydrogen (secondary N) is 1. The summed E-state index contributed by atoms with van der Waals surface area (Å²) in [5.74, 6) is 0.801. The summed E-state index contributed by atoms with van der Waals surface area (Å²) < 4.78 is 1.32. The number of hydrogen-bond acceptors (Lipinski definition) is 4. The highest BCUT2D eigenvalue weighted by molar-refractivity contribution is 7.19. The van der Waals surface area contributed by atoms with E-state index in [0.29, 0.717) is 6.04 Å². The number of piperidine rings is 1. The minimum absolute atomic E-state index is 0.500. The Labute approximate surface area is 148 Å². The van der Waals surface area contributed by atoms with E-state index in [0.717, 1.165) is 32.0 Å². The van der Waals surface area contributed by atoms with E-state index in [9.17, 15) is 0 Å². The van der Waals surface area contributed by atoms with Gasteiger partial charge < -0.3 is 10.2 Å². The quantitative estimate of drug-likeness (QED) is 0.874. The van der Waals surface area contributed by atoms with Gasteiger partial charge in [-0.15, -0.1) is 11.3 Å². The Bertz CT molecular complexity index is 768. The van der Waals surface area contributed by atoms with Crippen LogP contribution in [0.1, 0.15) is 49.7 Å². The van der Waals surface area contributed by atoms with Gasteiger partial charge in [-0.3, -0.25) is 0 Å². The van der Waals surface area contributed by atoms with E-state index in [1.807, 2.05) is 11.3 Å². The van der Waals surface area contributed by atoms with Gasteiger partial charge in [-0.1, -0.05) is 18.6 Å². The highest BCUT2D eigenvalue weighted by Gasteiger charge is 2.21. The van der Waals surface area contributed by atoms with E-state index in [-0.39, 0.29) is 0 Å². The molecule has 0 bridgehead atoms. The summed E-state index contributed by atoms with van der Waals surface area (Å²) in [6.45, 7) is 7.93. The van der Waals surface area contributed by atoms with Gasteiger partial charge in [0.2, 0.25) is 0 Å². The lowest BCUT2D eigenvalue weighted by Gasteiger charge is -2.28. The smallest absolute Gasteiger partial charge is 0.120 e. The molecular weight excluding hydrogens is 314 g/mol. The van der Waals surface area contributed by atoms with Gasteiger partial charge in [0.05, 0.1) is 10.2 Å². The largest absolute Gasteiger partial charge is 0.310 e. The van der Waals surface area contributed by atoms with Crippen LogP contribution in [0.4, 0.5) is 0 Å². The molecule has 1 fully saturated rings. The standard InChI is InChI=1S/C20H27N3S/c1-13-4-6-17(21-11-13)15-5-7-19-18(10-15)22-20(24-19)16-8-9-23(3)12-14(16)2/h5,7,10,13,17,21H,4,6,8-9,11-12H2,1-3H3/t13-,17+/m0/s1. The molecular formula is C20H27N3S. The van der Waals surface area contributed by atoms with Gasteiger partial charge in [0.1, 0.15) is 5.01 Å². The van der Waals surface area contributed by atoms with Crippen molar-refractivity contribution < 1.29 is 0 Å². The van der Waals surface area contributed by atoms with Crippen molar-refractivity contribution in [1.82, 2.24) is 15.2 Å². The molecule has 2 aliphatic rings. The number of fused-ring (bicyclic) bond motifs is 1. The van der Waals surface area contributed by atoms with Crippen LogP contribution in [0.25, 0.3) is 15.8 Å². The van der Waals surface area contributed by atoms with Crippen LogP contribution >= 0.6 is 11.3 Å². The molecule has 128 valence electrons. The molecule has 2 aliphatic heterocycles. The first-order valence-corrected chi connectivity index (χ1v) is 9.93. The number of nitrogens with zero attached hydrogens (tertiary/aromatic N) is 2. The lowest BCUT2D eigenvalue weighted by Crippen LogP contribution is -2.31. The third-order valence-electron chi connectivity index (χ3n) is 5.50. The van der Waals surface area contributed by atoms with Crippen molar-refractivity contribution in [1.29, 1.82) is 0 Å². The van der Waals surface area contributed by atoms with Crippen LogP contribution in [0.15, 0.2) is 23.8 Å². The summed E-state index contributed by atoms with van der Waals surface area (Å²) >= 11 is 1.86. The highest BCUT2D eigenvalue weighted by Crippen LogP contribution is 2.35. The monoisotopic (exact) mass is 341 g/mol. The number of thiazole rings is 1. The summed E-state index contributed by atoms with van der Waals surface area (Å²) in [5, 5.41) is 4.93. The van der Waals surface area contributed by atoms with Crippen molar-refractivity contribution in [2.24, 2.45) is 5.92 Å². The number of rotatable bonds is 2. The average molecular weight is 342 g/mol. The number of likely N-dealkylation sites (N-methyl/N-ethyl adjacent to an activating group) is 1. The molecule has 0 saturated carbocycles. The van der Waals surface area contributed by atoms with Crippen molar-refractivity contribution in [2.75, 3.05) is 26.7 Å². The molecule has 2 atom stereocenters. The topological polar surface area (TPSA) is 28.2 Å². The van der Waals surface area contributed by atoms with Gasteiger partial charge in [-0.05, 0) is 69.0 Å². The van der Waals surface area contributed by atoms with Gasteiger partial charge in [0.15, 0.2) is 0 Å². The van der Waals surface area contributed by atoms with Crippen LogP contribution in [0.2, 0.25) is 0 Å². The van der Waals surface area contributed by atoms with Crippen LogP contribution in [0, 0.1) is 5.92 Å². The summed E-state index contributed by atoms with van der Waals surface area (Å²) in [7, 11) is 2.20. The fourth-order valence-corrected chi connectivity index (χ4v) is 5.06. The fraction of sp³-hybridized carbons (Fsp3) is 0.550. The van der Waals surface area contributed by atoms with Crippen LogP contribution in [0.3, 0.4) is 0 Å². The van der Waals surface area contributed by atoms with Crippen LogP contribution in [-0.4, -0.2) is 36.6 Å². The molecule has 1 aromatic heterocycles. The van der Waals surface area contributed by atoms with E-state index in [2.05, 4.69) is 49.3 Å². The Morgan fingerprint density at radius 2 is 2.17 bits per heavy atom. The minimum atomic E-state index is 0.500. The Balaban J connectivity index is 1.63. The Morgan fingerprint density at radius 1 is 1.29 bits per heavy atom. The zero-order valence-electron chi connectivity index (χ0n) is 14.9. The molecule has 4 heteroatoms. The molecule has 1 aromatic carbocycles. The second-order valence-corrected chi connectivity index (χ2v) is 8.67. The molecule has 3 nitrogen and oxygen atoms in total. The molecule has 1 saturated heterocycles. The van der Waals surface area contributed by atoms with Crippen LogP contribution in [0.5, 0.6) is 0 Å². The molecule has 0 amide bonds. The molecule has 0 spiro atoms. The van der Waals surface area contributed by atoms with Crippen LogP contribution in [-0.2, 0) is 0 Å². The van der Waals surface area contributed by atoms with E-state index in [1.165, 1.54) is 44.8 Å². The van der Waals surface area contributed by atoms with Crippen molar-refractivity contribution in [2.45, 2.75) is 39.2 Å². The van der Waals surface area contributed by atoms with E-state index in [1.54, 1.807) is 0 Å². The minimum Gasteiger partial charge on any atom is -0.310 e. The molecule has 0 unspecified atom stereocenters. The molecule has 4 rings (SSSR count). The van der Waals surface area contributed by atoms with Crippen molar-refractivity contribution >= 4 is 27.1 Å². The zero-order chi connectivity index (χ0) is 16.7. The van der Waals surface area contributed by atoms with Gasteiger partial charge in [-0.25, -0.2) is 4.98 Å². The fourth-order valence-electron chi connectivity index (χ4n) is 3.96. The van der Waals surface area contributed by atoms with Crippen molar-refractivity contribution in [3.8, 4) is 0 Å². The average Bonchev–Trinajstić information content (AvgIpc) is 2.98. The third-order valence-corrected chi connectivity index (χ3v) is 6.59. The SMILES string of the molecule is CC1=C(c2nc3cc([C@H]4CC[C@H](C)CN4)ccc3s2)CCN(C)C1. The Morgan fingerprint density at radius 3 is 2.92 bits per heavy atom. The molecule has 1 N–H and O–H groups in total.